The van der Waals surface area contributed by atoms with Crippen molar-refractivity contribution < 1.29 is 9.59 Å². The number of rotatable bonds is 37. The summed E-state index contributed by atoms with van der Waals surface area (Å²) in [5.74, 6) is 0.815. The number of unbranched alkanes of at least 4 members (excludes halogenated alkanes) is 20. The Morgan fingerprint density at radius 2 is 1.09 bits per heavy atom. The Kier molecular flexibility index (Phi) is 25.3. The largest absolute Gasteiger partial charge is 0.340 e. The highest BCUT2D eigenvalue weighted by Gasteiger charge is 2.46. The van der Waals surface area contributed by atoms with Gasteiger partial charge >= 0.3 is 0 Å². The predicted molar refractivity (Wildman–Crippen MR) is 353 cm³/mol. The summed E-state index contributed by atoms with van der Waals surface area (Å²) in [6.07, 6.45) is 40.8. The first-order valence-corrected chi connectivity index (χ1v) is 34.7. The van der Waals surface area contributed by atoms with Gasteiger partial charge in [0.25, 0.3) is 11.8 Å². The molecule has 436 valence electrons. The molecule has 7 rings (SSSR count). The van der Waals surface area contributed by atoms with Crippen LogP contribution >= 0.6 is 34.0 Å². The van der Waals surface area contributed by atoms with Crippen molar-refractivity contribution in [3.63, 3.8) is 0 Å². The number of thiophene rings is 3. The Balaban J connectivity index is 1.16. The van der Waals surface area contributed by atoms with Gasteiger partial charge < -0.3 is 14.8 Å². The smallest absolute Gasteiger partial charge is 0.261 e. The first kappa shape index (κ1) is 63.3. The molecule has 5 aromatic rings. The van der Waals surface area contributed by atoms with Crippen molar-refractivity contribution in [1.29, 1.82) is 0 Å². The minimum absolute atomic E-state index is 0.0315. The molecule has 0 bridgehead atoms. The fraction of sp³-hybridized carbons (Fsp3) is 0.583. The number of hydrogen-bond acceptors (Lipinski definition) is 5. The Morgan fingerprint density at radius 1 is 0.588 bits per heavy atom. The van der Waals surface area contributed by atoms with E-state index in [1.165, 1.54) is 209 Å². The van der Waals surface area contributed by atoms with Crippen molar-refractivity contribution in [2.45, 2.75) is 254 Å². The fourth-order valence-corrected chi connectivity index (χ4v) is 15.5. The minimum atomic E-state index is -0.164. The van der Waals surface area contributed by atoms with Gasteiger partial charge in [0.1, 0.15) is 0 Å². The normalized spacial score (nSPS) is 15.2. The van der Waals surface area contributed by atoms with Crippen LogP contribution in [0.25, 0.3) is 50.3 Å². The standard InChI is InChI=1S/C72H103N3O2S3/c1-11-16-20-24-26-27-28-29-31-35-38-54(36-32-22-18-13-3)50-74-59(53(7)58-42-41-57(49-60(58)74)72(8,9)10)48-56(15-5)61-44-45-62(79-61)63-46-47-64(80-63)68-66-67(70(76)73-68)69(65-43-40-52(6)78-65)75(71(66)77)51-55(37-33-23-19-14-4)39-34-30-25-21-17-12-2/h15,40-49,54-55H,7,11-14,16-39,50-51H2,1-6,8-10H3,(H,73,76)/b56-15+,59-48+. The van der Waals surface area contributed by atoms with Gasteiger partial charge in [-0.25, -0.2) is 0 Å². The van der Waals surface area contributed by atoms with Crippen molar-refractivity contribution in [2.75, 3.05) is 6.54 Å². The Morgan fingerprint density at radius 3 is 1.62 bits per heavy atom. The quantitative estimate of drug-likeness (QED) is 0.0403. The van der Waals surface area contributed by atoms with E-state index in [1.54, 1.807) is 22.7 Å². The number of nitrogens with one attached hydrogen (secondary N) is 1. The molecule has 0 saturated heterocycles. The van der Waals surface area contributed by atoms with E-state index < -0.39 is 0 Å². The molecule has 1 aromatic carbocycles. The Bertz CT molecular complexity index is 2980. The third kappa shape index (κ3) is 17.0. The molecule has 0 saturated carbocycles. The molecule has 0 fully saturated rings. The second kappa shape index (κ2) is 32.0. The lowest BCUT2D eigenvalue weighted by Crippen LogP contribution is -2.32. The highest BCUT2D eigenvalue weighted by Crippen LogP contribution is 2.47. The maximum atomic E-state index is 15.1. The van der Waals surface area contributed by atoms with Gasteiger partial charge in [-0.05, 0) is 116 Å². The van der Waals surface area contributed by atoms with E-state index in [9.17, 15) is 4.79 Å². The van der Waals surface area contributed by atoms with Crippen LogP contribution in [0.15, 0.2) is 71.8 Å². The van der Waals surface area contributed by atoms with E-state index in [-0.39, 0.29) is 17.2 Å². The molecular weight excluding hydrogens is 1040 g/mol. The average molecular weight is 1140 g/mol. The molecule has 0 spiro atoms. The zero-order chi connectivity index (χ0) is 57.0. The Hall–Kier alpha value is -4.24. The van der Waals surface area contributed by atoms with Crippen LogP contribution in [-0.2, 0) is 21.5 Å². The second-order valence-corrected chi connectivity index (χ2v) is 28.3. The summed E-state index contributed by atoms with van der Waals surface area (Å²) in [5, 5.41) is 6.83. The summed E-state index contributed by atoms with van der Waals surface area (Å²) < 4.78 is 2.66. The highest BCUT2D eigenvalue weighted by molar-refractivity contribution is 7.23. The predicted octanol–water partition coefficient (Wildman–Crippen LogP) is 20.7. The van der Waals surface area contributed by atoms with Gasteiger partial charge in [0.2, 0.25) is 0 Å². The number of nitrogens with zero attached hydrogens (tertiary/aromatic N) is 2. The topological polar surface area (TPSA) is 54.3 Å². The highest BCUT2D eigenvalue weighted by atomic mass is 32.1. The van der Waals surface area contributed by atoms with Crippen LogP contribution in [0.5, 0.6) is 0 Å². The summed E-state index contributed by atoms with van der Waals surface area (Å²) in [7, 11) is 0. The van der Waals surface area contributed by atoms with Crippen LogP contribution < -0.4 is 15.9 Å². The number of fused-ring (bicyclic) bond motifs is 2. The van der Waals surface area contributed by atoms with Gasteiger partial charge in [0.05, 0.1) is 32.3 Å². The van der Waals surface area contributed by atoms with E-state index in [0.717, 1.165) is 44.9 Å². The van der Waals surface area contributed by atoms with Crippen molar-refractivity contribution in [1.82, 2.24) is 14.8 Å². The number of aryl methyl sites for hydroxylation is 1. The molecule has 2 unspecified atom stereocenters. The Labute approximate surface area is 497 Å². The number of allylic oxidation sites excluding steroid dienone is 2. The zero-order valence-corrected chi connectivity index (χ0v) is 53.8. The van der Waals surface area contributed by atoms with E-state index in [4.69, 9.17) is 6.58 Å². The van der Waals surface area contributed by atoms with Crippen molar-refractivity contribution in [2.24, 2.45) is 11.8 Å². The molecule has 2 amide bonds. The molecule has 2 aliphatic rings. The van der Waals surface area contributed by atoms with Gasteiger partial charge in [-0.2, -0.15) is 0 Å². The van der Waals surface area contributed by atoms with Crippen LogP contribution in [0.2, 0.25) is 0 Å². The molecule has 4 aromatic heterocycles. The lowest BCUT2D eigenvalue weighted by atomic mass is 9.86. The SMILES string of the molecule is C=c1/c(=C\C(=C/C)c2ccc(-c3ccc(C4=C5C(=O)N(CC(CCCCCC)CCCCCCCC)C(c6ccc(C)s6)=C5C(=O)N4)s3)s2)n(CC(CCCCCC)CCCCCCCCCCCC)c2cc(C(C)(C)C)ccc12. The van der Waals surface area contributed by atoms with Gasteiger partial charge in [-0.1, -0.05) is 227 Å². The molecule has 5 nitrogen and oxygen atoms in total. The van der Waals surface area contributed by atoms with E-state index >= 15 is 4.79 Å². The van der Waals surface area contributed by atoms with Crippen molar-refractivity contribution >= 4 is 86.3 Å². The van der Waals surface area contributed by atoms with Crippen LogP contribution in [0.3, 0.4) is 0 Å². The average Bonchev–Trinajstić information content (AvgIpc) is 4.39. The van der Waals surface area contributed by atoms with Crippen LogP contribution in [0.1, 0.15) is 260 Å². The number of hydrogen-bond donors (Lipinski definition) is 1. The molecule has 6 heterocycles. The molecular formula is C72H103N3O2S3. The lowest BCUT2D eigenvalue weighted by Gasteiger charge is -2.27. The minimum Gasteiger partial charge on any atom is -0.340 e. The summed E-state index contributed by atoms with van der Waals surface area (Å²) in [6, 6.07) is 20.2. The van der Waals surface area contributed by atoms with E-state index in [2.05, 4.69) is 139 Å². The number of carbonyl (C=O) groups is 2. The molecule has 2 aliphatic heterocycles. The first-order valence-electron chi connectivity index (χ1n) is 32.2. The van der Waals surface area contributed by atoms with Gasteiger partial charge in [0, 0.05) is 54.1 Å². The van der Waals surface area contributed by atoms with Crippen LogP contribution in [-0.4, -0.2) is 27.8 Å². The summed E-state index contributed by atoms with van der Waals surface area (Å²) >= 11 is 5.17. The third-order valence-electron chi connectivity index (χ3n) is 17.3. The number of benzene rings is 1. The number of carbonyl (C=O) groups excluding carboxylic acids is 2. The van der Waals surface area contributed by atoms with Crippen LogP contribution in [0, 0.1) is 18.8 Å². The maximum Gasteiger partial charge on any atom is 0.261 e. The number of aromatic nitrogens is 1. The lowest BCUT2D eigenvalue weighted by molar-refractivity contribution is -0.123. The molecule has 2 atom stereocenters. The zero-order valence-electron chi connectivity index (χ0n) is 51.4. The third-order valence-corrected chi connectivity index (χ3v) is 20.8. The monoisotopic (exact) mass is 1140 g/mol. The molecule has 1 N–H and O–H groups in total. The summed E-state index contributed by atoms with van der Waals surface area (Å²) in [6.45, 7) is 26.9. The number of amides is 2. The second-order valence-electron chi connectivity index (χ2n) is 24.9. The molecule has 0 radical (unpaired) electrons. The molecule has 0 aliphatic carbocycles. The maximum absolute atomic E-state index is 15.1. The molecule has 8 heteroatoms. The first-order chi connectivity index (χ1) is 38.8. The van der Waals surface area contributed by atoms with Gasteiger partial charge in [-0.15, -0.1) is 34.0 Å². The van der Waals surface area contributed by atoms with Gasteiger partial charge in [0.15, 0.2) is 0 Å². The van der Waals surface area contributed by atoms with E-state index in [1.807, 2.05) is 16.2 Å². The fourth-order valence-electron chi connectivity index (χ4n) is 12.4. The van der Waals surface area contributed by atoms with Gasteiger partial charge in [-0.3, -0.25) is 9.59 Å². The summed E-state index contributed by atoms with van der Waals surface area (Å²) in [4.78, 5) is 38.0. The summed E-state index contributed by atoms with van der Waals surface area (Å²) in [5.41, 5.74) is 6.49. The van der Waals surface area contributed by atoms with Crippen molar-refractivity contribution in [3.8, 4) is 9.75 Å². The van der Waals surface area contributed by atoms with Crippen LogP contribution in [0.4, 0.5) is 0 Å². The molecule has 80 heavy (non-hydrogen) atoms. The van der Waals surface area contributed by atoms with E-state index in [0.29, 0.717) is 35.2 Å². The van der Waals surface area contributed by atoms with Crippen molar-refractivity contribution in [3.05, 3.63) is 107 Å².